The third-order valence-electron chi connectivity index (χ3n) is 4.18. The summed E-state index contributed by atoms with van der Waals surface area (Å²) in [4.78, 5) is 24.0. The molecule has 0 spiro atoms. The van der Waals surface area contributed by atoms with Crippen LogP contribution in [0.15, 0.2) is 76.6 Å². The number of azo groups is 1. The lowest BCUT2D eigenvalue weighted by molar-refractivity contribution is -0.119. The molecule has 1 aromatic heterocycles. The van der Waals surface area contributed by atoms with Crippen LogP contribution in [0.25, 0.3) is 5.70 Å². The van der Waals surface area contributed by atoms with Gasteiger partial charge in [-0.05, 0) is 23.8 Å². The van der Waals surface area contributed by atoms with Crippen molar-refractivity contribution in [3.63, 3.8) is 0 Å². The minimum atomic E-state index is -0.379. The molecule has 0 bridgehead atoms. The number of aromatic nitrogens is 2. The van der Waals surface area contributed by atoms with E-state index in [-0.39, 0.29) is 17.7 Å². The Balaban J connectivity index is 1.57. The number of fused-ring (bicyclic) bond motifs is 1. The van der Waals surface area contributed by atoms with Crippen LogP contribution in [0.5, 0.6) is 0 Å². The Morgan fingerprint density at radius 3 is 2.65 bits per heavy atom. The first-order valence-corrected chi connectivity index (χ1v) is 8.08. The predicted molar refractivity (Wildman–Crippen MR) is 96.2 cm³/mol. The molecular weight excluding hydrogens is 330 g/mol. The van der Waals surface area contributed by atoms with Gasteiger partial charge >= 0.3 is 0 Å². The summed E-state index contributed by atoms with van der Waals surface area (Å²) in [6.07, 6.45) is 9.12. The van der Waals surface area contributed by atoms with Crippen LogP contribution in [0, 0.1) is 5.92 Å². The van der Waals surface area contributed by atoms with Crippen LogP contribution in [-0.4, -0.2) is 21.6 Å². The number of hydrogen-bond acceptors (Lipinski definition) is 4. The maximum Gasteiger partial charge on any atom is 0.276 e. The summed E-state index contributed by atoms with van der Waals surface area (Å²) in [6.45, 7) is 0. The topological polar surface area (TPSA) is 88.7 Å². The van der Waals surface area contributed by atoms with Gasteiger partial charge in [-0.1, -0.05) is 36.4 Å². The fraction of sp³-hybridized carbons (Fsp3) is 0.105. The molecule has 1 aliphatic heterocycles. The van der Waals surface area contributed by atoms with E-state index in [4.69, 9.17) is 0 Å². The van der Waals surface area contributed by atoms with Crippen molar-refractivity contribution in [1.82, 2.24) is 9.78 Å². The van der Waals surface area contributed by atoms with E-state index in [9.17, 15) is 9.59 Å². The first-order chi connectivity index (χ1) is 12.6. The number of benzene rings is 1. The van der Waals surface area contributed by atoms with Crippen molar-refractivity contribution in [2.45, 2.75) is 0 Å². The van der Waals surface area contributed by atoms with Gasteiger partial charge in [0.05, 0.1) is 11.6 Å². The number of nitrogens with one attached hydrogen (secondary N) is 1. The summed E-state index contributed by atoms with van der Waals surface area (Å²) in [5.74, 6) is -0.914. The molecule has 1 atom stereocenters. The molecule has 0 fully saturated rings. The highest BCUT2D eigenvalue weighted by molar-refractivity contribution is 6.02. The van der Waals surface area contributed by atoms with E-state index in [1.165, 1.54) is 0 Å². The summed E-state index contributed by atoms with van der Waals surface area (Å²) < 4.78 is 1.57. The largest absolute Gasteiger partial charge is 0.321 e. The molecule has 7 nitrogen and oxygen atoms in total. The lowest BCUT2D eigenvalue weighted by atomic mass is 9.89. The molecule has 2 heterocycles. The fourth-order valence-electron chi connectivity index (χ4n) is 2.87. The molecule has 26 heavy (non-hydrogen) atoms. The number of anilines is 1. The summed E-state index contributed by atoms with van der Waals surface area (Å²) >= 11 is 0. The number of allylic oxidation sites excluding steroid dienone is 3. The third kappa shape index (κ3) is 2.90. The molecule has 1 N–H and O–H groups in total. The van der Waals surface area contributed by atoms with Crippen LogP contribution < -0.4 is 5.32 Å². The zero-order valence-corrected chi connectivity index (χ0v) is 14.0. The van der Waals surface area contributed by atoms with Gasteiger partial charge in [0.2, 0.25) is 0 Å². The summed E-state index contributed by atoms with van der Waals surface area (Å²) in [5.41, 5.74) is 3.32. The Bertz CT molecular complexity index is 1010. The molecule has 1 aliphatic carbocycles. The molecular formula is C19H15N5O2. The number of rotatable bonds is 3. The summed E-state index contributed by atoms with van der Waals surface area (Å²) in [7, 11) is 1.76. The highest BCUT2D eigenvalue weighted by atomic mass is 16.2. The zero-order chi connectivity index (χ0) is 18.1. The third-order valence-corrected chi connectivity index (χ3v) is 4.18. The van der Waals surface area contributed by atoms with Crippen LogP contribution in [-0.2, 0) is 11.8 Å². The van der Waals surface area contributed by atoms with Gasteiger partial charge in [-0.25, -0.2) is 0 Å². The zero-order valence-electron chi connectivity index (χ0n) is 14.0. The van der Waals surface area contributed by atoms with Crippen LogP contribution in [0.3, 0.4) is 0 Å². The Hall–Kier alpha value is -3.61. The van der Waals surface area contributed by atoms with Crippen molar-refractivity contribution in [1.29, 1.82) is 0 Å². The van der Waals surface area contributed by atoms with Gasteiger partial charge in [0, 0.05) is 24.5 Å². The molecule has 2 amide bonds. The van der Waals surface area contributed by atoms with E-state index in [2.05, 4.69) is 20.6 Å². The lowest BCUT2D eigenvalue weighted by Crippen LogP contribution is -2.17. The Labute approximate surface area is 149 Å². The molecule has 1 aromatic carbocycles. The normalized spacial score (nSPS) is 18.2. The minimum Gasteiger partial charge on any atom is -0.321 e. The van der Waals surface area contributed by atoms with Gasteiger partial charge in [0.15, 0.2) is 5.69 Å². The van der Waals surface area contributed by atoms with Gasteiger partial charge < -0.3 is 5.32 Å². The fourth-order valence-corrected chi connectivity index (χ4v) is 2.87. The van der Waals surface area contributed by atoms with Gasteiger partial charge in [-0.2, -0.15) is 5.10 Å². The van der Waals surface area contributed by atoms with Gasteiger partial charge in [-0.15, -0.1) is 10.2 Å². The van der Waals surface area contributed by atoms with Gasteiger partial charge in [0.1, 0.15) is 0 Å². The monoisotopic (exact) mass is 345 g/mol. The van der Waals surface area contributed by atoms with E-state index >= 15 is 0 Å². The lowest BCUT2D eigenvalue weighted by Gasteiger charge is -2.19. The SMILES string of the molecule is Cn1ccc(C(=O)Nc2ccc(C3=C4C=CC=CC4C(=O)N=N3)cc2)n1. The van der Waals surface area contributed by atoms with Crippen LogP contribution in [0.2, 0.25) is 0 Å². The van der Waals surface area contributed by atoms with Crippen molar-refractivity contribution in [3.8, 4) is 0 Å². The average Bonchev–Trinajstić information content (AvgIpc) is 3.10. The second-order valence-corrected chi connectivity index (χ2v) is 5.97. The minimum absolute atomic E-state index is 0.261. The molecule has 7 heteroatoms. The van der Waals surface area contributed by atoms with Gasteiger partial charge in [-0.3, -0.25) is 14.3 Å². The predicted octanol–water partition coefficient (Wildman–Crippen LogP) is 3.12. The highest BCUT2D eigenvalue weighted by Gasteiger charge is 2.27. The molecule has 2 aromatic rings. The molecule has 4 rings (SSSR count). The number of carbonyl (C=O) groups is 2. The van der Waals surface area contributed by atoms with Crippen molar-refractivity contribution in [2.75, 3.05) is 5.32 Å². The Morgan fingerprint density at radius 2 is 1.92 bits per heavy atom. The Morgan fingerprint density at radius 1 is 1.12 bits per heavy atom. The molecule has 1 unspecified atom stereocenters. The highest BCUT2D eigenvalue weighted by Crippen LogP contribution is 2.34. The number of amides is 2. The van der Waals surface area contributed by atoms with Crippen LogP contribution >= 0.6 is 0 Å². The molecule has 0 saturated heterocycles. The number of aryl methyl sites for hydroxylation is 1. The van der Waals surface area contributed by atoms with E-state index < -0.39 is 0 Å². The number of hydrogen-bond donors (Lipinski definition) is 1. The van der Waals surface area contributed by atoms with Crippen molar-refractivity contribution in [2.24, 2.45) is 23.2 Å². The van der Waals surface area contributed by atoms with E-state index in [0.717, 1.165) is 11.1 Å². The molecule has 2 aliphatic rings. The summed E-state index contributed by atoms with van der Waals surface area (Å²) in [6, 6.07) is 8.90. The first kappa shape index (κ1) is 15.9. The van der Waals surface area contributed by atoms with Crippen LogP contribution in [0.4, 0.5) is 5.69 Å². The van der Waals surface area contributed by atoms with Crippen molar-refractivity contribution in [3.05, 3.63) is 77.7 Å². The standard InChI is InChI=1S/C19H15N5O2/c1-24-11-10-16(23-24)19(26)20-13-8-6-12(7-9-13)17-14-4-2-3-5-15(14)18(25)22-21-17/h2-11,15H,1H3,(H,20,26). The smallest absolute Gasteiger partial charge is 0.276 e. The molecule has 128 valence electrons. The van der Waals surface area contributed by atoms with Crippen molar-refractivity contribution >= 4 is 23.2 Å². The second kappa shape index (κ2) is 6.36. The number of nitrogens with zero attached hydrogens (tertiary/aromatic N) is 4. The number of carbonyl (C=O) groups excluding carboxylic acids is 2. The molecule has 0 radical (unpaired) electrons. The van der Waals surface area contributed by atoms with Gasteiger partial charge in [0.25, 0.3) is 11.8 Å². The maximum absolute atomic E-state index is 12.2. The summed E-state index contributed by atoms with van der Waals surface area (Å²) in [5, 5.41) is 14.7. The maximum atomic E-state index is 12.2. The quantitative estimate of drug-likeness (QED) is 0.927. The van der Waals surface area contributed by atoms with E-state index in [1.807, 2.05) is 36.4 Å². The van der Waals surface area contributed by atoms with E-state index in [0.29, 0.717) is 17.1 Å². The molecule has 0 saturated carbocycles. The second-order valence-electron chi connectivity index (χ2n) is 5.97. The Kier molecular flexibility index (Phi) is 3.89. The first-order valence-electron chi connectivity index (χ1n) is 8.08. The van der Waals surface area contributed by atoms with Crippen LogP contribution in [0.1, 0.15) is 16.1 Å². The van der Waals surface area contributed by atoms with Crippen molar-refractivity contribution < 1.29 is 9.59 Å². The van der Waals surface area contributed by atoms with E-state index in [1.54, 1.807) is 36.1 Å². The average molecular weight is 345 g/mol.